The van der Waals surface area contributed by atoms with Crippen LogP contribution >= 0.6 is 11.3 Å². The lowest BCUT2D eigenvalue weighted by Gasteiger charge is -2.26. The molecule has 2 aromatic heterocycles. The number of nitrogens with one attached hydrogen (secondary N) is 4. The summed E-state index contributed by atoms with van der Waals surface area (Å²) in [6.45, 7) is 6.31. The van der Waals surface area contributed by atoms with Gasteiger partial charge in [0.25, 0.3) is 5.91 Å². The van der Waals surface area contributed by atoms with Gasteiger partial charge in [-0.1, -0.05) is 32.9 Å². The number of thiazole rings is 1. The second-order valence-corrected chi connectivity index (χ2v) is 10.6. The summed E-state index contributed by atoms with van der Waals surface area (Å²) < 4.78 is 0. The first-order chi connectivity index (χ1) is 16.8. The van der Waals surface area contributed by atoms with Crippen molar-refractivity contribution in [1.29, 1.82) is 5.41 Å². The second kappa shape index (κ2) is 10.4. The number of allylic oxidation sites excluding steroid dienone is 1. The van der Waals surface area contributed by atoms with E-state index in [2.05, 4.69) is 63.8 Å². The standard InChI is InChI=1S/C26H31N7OS/c1-26(2,3)24-30-15-22(35-24)23(34)32-21-7-5-6-16-12-17(8-9-19(16)21)20-10-11-29-25(33-20)31-18(13-27)14-28-4/h8-15,21,27-28H,5-7H2,1-4H3,(H,32,34)(H,29,31,33)/b18-14+,27-13?. The Morgan fingerprint density at radius 2 is 2.06 bits per heavy atom. The molecule has 0 saturated carbocycles. The zero-order valence-electron chi connectivity index (χ0n) is 20.5. The first kappa shape index (κ1) is 24.5. The zero-order chi connectivity index (χ0) is 25.0. The molecule has 1 unspecified atom stereocenters. The number of amides is 1. The molecule has 2 heterocycles. The molecule has 4 rings (SSSR count). The molecular weight excluding hydrogens is 458 g/mol. The van der Waals surface area contributed by atoms with Crippen molar-refractivity contribution in [2.75, 3.05) is 12.4 Å². The molecule has 0 radical (unpaired) electrons. The van der Waals surface area contributed by atoms with E-state index < -0.39 is 0 Å². The van der Waals surface area contributed by atoms with Crippen LogP contribution < -0.4 is 16.0 Å². The smallest absolute Gasteiger partial charge is 0.263 e. The van der Waals surface area contributed by atoms with E-state index in [1.165, 1.54) is 23.1 Å². The van der Waals surface area contributed by atoms with Crippen molar-refractivity contribution >= 4 is 29.4 Å². The highest BCUT2D eigenvalue weighted by Gasteiger charge is 2.25. The SMILES string of the molecule is CN/C=C(\C=N)Nc1nccc(-c2ccc3c(c2)CCCC3NC(=O)c2cnc(C(C)(C)C)s2)n1. The molecule has 0 spiro atoms. The van der Waals surface area contributed by atoms with Crippen LogP contribution in [0.3, 0.4) is 0 Å². The number of hydrogen-bond donors (Lipinski definition) is 4. The average molecular weight is 490 g/mol. The predicted octanol–water partition coefficient (Wildman–Crippen LogP) is 4.83. The van der Waals surface area contributed by atoms with Gasteiger partial charge in [0.2, 0.25) is 5.95 Å². The first-order valence-electron chi connectivity index (χ1n) is 11.7. The summed E-state index contributed by atoms with van der Waals surface area (Å²) >= 11 is 1.46. The Morgan fingerprint density at radius 1 is 1.23 bits per heavy atom. The van der Waals surface area contributed by atoms with Gasteiger partial charge in [0, 0.05) is 36.6 Å². The molecule has 3 aromatic rings. The summed E-state index contributed by atoms with van der Waals surface area (Å²) in [4.78, 5) is 26.9. The Hall–Kier alpha value is -3.59. The fraction of sp³-hybridized carbons (Fsp3) is 0.346. The lowest BCUT2D eigenvalue weighted by Crippen LogP contribution is -2.30. The number of carbonyl (C=O) groups is 1. The maximum atomic E-state index is 13.0. The quantitative estimate of drug-likeness (QED) is 0.354. The molecular formula is C26H31N7OS. The molecule has 9 heteroatoms. The van der Waals surface area contributed by atoms with E-state index in [0.717, 1.165) is 41.1 Å². The van der Waals surface area contributed by atoms with Gasteiger partial charge in [-0.15, -0.1) is 11.3 Å². The van der Waals surface area contributed by atoms with E-state index in [-0.39, 0.29) is 17.4 Å². The fourth-order valence-electron chi connectivity index (χ4n) is 4.06. The fourth-order valence-corrected chi connectivity index (χ4v) is 4.93. The molecule has 0 aliphatic heterocycles. The molecule has 0 fully saturated rings. The molecule has 182 valence electrons. The van der Waals surface area contributed by atoms with Crippen LogP contribution in [-0.4, -0.2) is 34.1 Å². The largest absolute Gasteiger partial charge is 0.392 e. The van der Waals surface area contributed by atoms with Gasteiger partial charge in [-0.2, -0.15) is 0 Å². The van der Waals surface area contributed by atoms with E-state index in [0.29, 0.717) is 16.5 Å². The van der Waals surface area contributed by atoms with E-state index in [1.807, 2.05) is 12.1 Å². The molecule has 4 N–H and O–H groups in total. The maximum absolute atomic E-state index is 13.0. The summed E-state index contributed by atoms with van der Waals surface area (Å²) in [5, 5.41) is 17.6. The van der Waals surface area contributed by atoms with E-state index in [4.69, 9.17) is 5.41 Å². The number of hydrogen-bond acceptors (Lipinski definition) is 8. The van der Waals surface area contributed by atoms with Crippen LogP contribution in [0.1, 0.15) is 65.5 Å². The Balaban J connectivity index is 1.53. The number of rotatable bonds is 7. The highest BCUT2D eigenvalue weighted by molar-refractivity contribution is 7.13. The lowest BCUT2D eigenvalue weighted by molar-refractivity contribution is 0.0936. The Bertz CT molecular complexity index is 1260. The molecule has 1 amide bonds. The van der Waals surface area contributed by atoms with E-state index >= 15 is 0 Å². The highest BCUT2D eigenvalue weighted by Crippen LogP contribution is 2.34. The van der Waals surface area contributed by atoms with Gasteiger partial charge in [-0.3, -0.25) is 4.79 Å². The van der Waals surface area contributed by atoms with Crippen molar-refractivity contribution in [3.05, 3.63) is 69.6 Å². The van der Waals surface area contributed by atoms with Crippen molar-refractivity contribution in [1.82, 2.24) is 25.6 Å². The number of aryl methyl sites for hydroxylation is 1. The van der Waals surface area contributed by atoms with Gasteiger partial charge < -0.3 is 21.4 Å². The first-order valence-corrected chi connectivity index (χ1v) is 12.5. The minimum atomic E-state index is -0.0718. The summed E-state index contributed by atoms with van der Waals surface area (Å²) in [6.07, 6.45) is 9.14. The maximum Gasteiger partial charge on any atom is 0.263 e. The van der Waals surface area contributed by atoms with Crippen LogP contribution in [0.5, 0.6) is 0 Å². The monoisotopic (exact) mass is 489 g/mol. The van der Waals surface area contributed by atoms with Gasteiger partial charge in [-0.25, -0.2) is 15.0 Å². The number of nitrogens with zero attached hydrogens (tertiary/aromatic N) is 3. The molecule has 1 aliphatic carbocycles. The zero-order valence-corrected chi connectivity index (χ0v) is 21.3. The summed E-state index contributed by atoms with van der Waals surface area (Å²) in [5.74, 6) is 0.359. The Kier molecular flexibility index (Phi) is 7.25. The number of fused-ring (bicyclic) bond motifs is 1. The van der Waals surface area contributed by atoms with Crippen molar-refractivity contribution in [3.8, 4) is 11.3 Å². The lowest BCUT2D eigenvalue weighted by atomic mass is 9.86. The van der Waals surface area contributed by atoms with Gasteiger partial charge in [-0.05, 0) is 42.5 Å². The minimum Gasteiger partial charge on any atom is -0.392 e. The van der Waals surface area contributed by atoms with Crippen LogP contribution in [0, 0.1) is 5.41 Å². The van der Waals surface area contributed by atoms with Crippen LogP contribution in [0.25, 0.3) is 11.3 Å². The van der Waals surface area contributed by atoms with Gasteiger partial charge in [0.1, 0.15) is 4.88 Å². The number of aromatic nitrogens is 3. The second-order valence-electron chi connectivity index (χ2n) is 9.53. The average Bonchev–Trinajstić information content (AvgIpc) is 3.35. The summed E-state index contributed by atoms with van der Waals surface area (Å²) in [5.41, 5.74) is 4.66. The third kappa shape index (κ3) is 5.74. The van der Waals surface area contributed by atoms with Crippen molar-refractivity contribution in [2.24, 2.45) is 0 Å². The van der Waals surface area contributed by atoms with Crippen molar-refractivity contribution < 1.29 is 4.79 Å². The van der Waals surface area contributed by atoms with Gasteiger partial charge in [0.05, 0.1) is 28.6 Å². The van der Waals surface area contributed by atoms with Crippen LogP contribution in [-0.2, 0) is 11.8 Å². The number of benzene rings is 1. The molecule has 0 bridgehead atoms. The van der Waals surface area contributed by atoms with Crippen molar-refractivity contribution in [2.45, 2.75) is 51.5 Å². The number of anilines is 1. The topological polar surface area (TPSA) is 116 Å². The number of carbonyl (C=O) groups excluding carboxylic acids is 1. The highest BCUT2D eigenvalue weighted by atomic mass is 32.1. The Labute approximate surface area is 209 Å². The summed E-state index contributed by atoms with van der Waals surface area (Å²) in [6, 6.07) is 8.15. The molecule has 1 atom stereocenters. The predicted molar refractivity (Wildman–Crippen MR) is 141 cm³/mol. The van der Waals surface area contributed by atoms with Gasteiger partial charge >= 0.3 is 0 Å². The summed E-state index contributed by atoms with van der Waals surface area (Å²) in [7, 11) is 1.77. The molecule has 8 nitrogen and oxygen atoms in total. The van der Waals surface area contributed by atoms with Crippen LogP contribution in [0.15, 0.2) is 48.6 Å². The van der Waals surface area contributed by atoms with Crippen LogP contribution in [0.2, 0.25) is 0 Å². The third-order valence-corrected chi connectivity index (χ3v) is 7.22. The van der Waals surface area contributed by atoms with E-state index in [1.54, 1.807) is 25.6 Å². The van der Waals surface area contributed by atoms with Gasteiger partial charge in [0.15, 0.2) is 0 Å². The molecule has 1 aliphatic rings. The van der Waals surface area contributed by atoms with Crippen molar-refractivity contribution in [3.63, 3.8) is 0 Å². The molecule has 0 saturated heterocycles. The van der Waals surface area contributed by atoms with Crippen LogP contribution in [0.4, 0.5) is 5.95 Å². The Morgan fingerprint density at radius 3 is 2.77 bits per heavy atom. The normalized spacial score (nSPS) is 15.8. The molecule has 1 aromatic carbocycles. The minimum absolute atomic E-state index is 0.0232. The third-order valence-electron chi connectivity index (χ3n) is 5.80. The molecule has 35 heavy (non-hydrogen) atoms. The van der Waals surface area contributed by atoms with E-state index in [9.17, 15) is 4.79 Å².